The van der Waals surface area contributed by atoms with Crippen molar-refractivity contribution in [2.75, 3.05) is 11.9 Å². The number of hydrogen-bond donors (Lipinski definition) is 1. The largest absolute Gasteiger partial charge is 0.369 e. The lowest BCUT2D eigenvalue weighted by molar-refractivity contribution is 0.465. The van der Waals surface area contributed by atoms with Gasteiger partial charge in [-0.15, -0.1) is 0 Å². The van der Waals surface area contributed by atoms with Crippen LogP contribution >= 0.6 is 0 Å². The molecule has 0 fully saturated rings. The molecule has 3 rings (SSSR count). The van der Waals surface area contributed by atoms with Crippen LogP contribution in [0.3, 0.4) is 0 Å². The van der Waals surface area contributed by atoms with Crippen molar-refractivity contribution in [3.05, 3.63) is 30.2 Å². The molecule has 0 radical (unpaired) electrons. The number of hydrogen-bond acceptors (Lipinski definition) is 4. The van der Waals surface area contributed by atoms with E-state index in [4.69, 9.17) is 5.26 Å². The fourth-order valence-electron chi connectivity index (χ4n) is 2.60. The van der Waals surface area contributed by atoms with Gasteiger partial charge in [0, 0.05) is 36.5 Å². The number of rotatable bonds is 4. The topological polar surface area (TPSA) is 66.5 Å². The van der Waals surface area contributed by atoms with Crippen LogP contribution < -0.4 is 5.32 Å². The van der Waals surface area contributed by atoms with Crippen LogP contribution in [0.1, 0.15) is 31.4 Å². The average Bonchev–Trinajstić information content (AvgIpc) is 3.12. The molecule has 5 heteroatoms. The molecule has 0 amide bonds. The van der Waals surface area contributed by atoms with Gasteiger partial charge in [-0.2, -0.15) is 10.4 Å². The van der Waals surface area contributed by atoms with Gasteiger partial charge in [0.2, 0.25) is 0 Å². The summed E-state index contributed by atoms with van der Waals surface area (Å²) < 4.78 is 1.95. The molecule has 20 heavy (non-hydrogen) atoms. The van der Waals surface area contributed by atoms with Crippen LogP contribution in [0.15, 0.2) is 24.7 Å². The van der Waals surface area contributed by atoms with Crippen molar-refractivity contribution >= 4 is 5.82 Å². The molecule has 0 aromatic carbocycles. The molecular weight excluding hydrogens is 250 g/mol. The van der Waals surface area contributed by atoms with Crippen molar-refractivity contribution in [1.82, 2.24) is 14.8 Å². The zero-order valence-corrected chi connectivity index (χ0v) is 11.5. The minimum absolute atomic E-state index is 0.247. The van der Waals surface area contributed by atoms with E-state index in [2.05, 4.69) is 34.6 Å². The molecule has 3 heterocycles. The quantitative estimate of drug-likeness (QED) is 0.925. The van der Waals surface area contributed by atoms with Crippen molar-refractivity contribution in [2.24, 2.45) is 0 Å². The first-order valence-electron chi connectivity index (χ1n) is 6.93. The van der Waals surface area contributed by atoms with Crippen LogP contribution in [-0.4, -0.2) is 21.3 Å². The number of aromatic nitrogens is 3. The fraction of sp³-hybridized carbons (Fsp3) is 0.400. The average molecular weight is 267 g/mol. The van der Waals surface area contributed by atoms with Gasteiger partial charge in [-0.3, -0.25) is 4.68 Å². The van der Waals surface area contributed by atoms with Gasteiger partial charge in [-0.25, -0.2) is 4.98 Å². The maximum atomic E-state index is 8.66. The Bertz CT molecular complexity index is 653. The van der Waals surface area contributed by atoms with Crippen LogP contribution in [0.4, 0.5) is 5.82 Å². The minimum atomic E-state index is 0.247. The van der Waals surface area contributed by atoms with Gasteiger partial charge in [0.05, 0.1) is 18.3 Å². The van der Waals surface area contributed by atoms with E-state index >= 15 is 0 Å². The lowest BCUT2D eigenvalue weighted by atomic mass is 10.0. The monoisotopic (exact) mass is 267 g/mol. The first-order valence-corrected chi connectivity index (χ1v) is 6.93. The summed E-state index contributed by atoms with van der Waals surface area (Å²) in [5.41, 5.74) is 3.60. The summed E-state index contributed by atoms with van der Waals surface area (Å²) in [6.07, 6.45) is 8.20. The van der Waals surface area contributed by atoms with E-state index in [9.17, 15) is 0 Å². The fourth-order valence-corrected chi connectivity index (χ4v) is 2.60. The molecule has 1 N–H and O–H groups in total. The summed E-state index contributed by atoms with van der Waals surface area (Å²) in [6, 6.07) is 4.48. The lowest BCUT2D eigenvalue weighted by Crippen LogP contribution is -2.04. The normalized spacial score (nSPS) is 14.4. The van der Waals surface area contributed by atoms with Crippen LogP contribution in [0, 0.1) is 11.3 Å². The van der Waals surface area contributed by atoms with E-state index in [0.29, 0.717) is 6.42 Å². The van der Waals surface area contributed by atoms with E-state index in [-0.39, 0.29) is 6.04 Å². The first-order chi connectivity index (χ1) is 9.79. The van der Waals surface area contributed by atoms with E-state index in [1.165, 1.54) is 11.1 Å². The number of nitrogens with one attached hydrogen (secondary N) is 1. The predicted molar refractivity (Wildman–Crippen MR) is 77.2 cm³/mol. The number of pyridine rings is 1. The van der Waals surface area contributed by atoms with Crippen molar-refractivity contribution < 1.29 is 0 Å². The third-order valence-electron chi connectivity index (χ3n) is 3.76. The third kappa shape index (κ3) is 2.25. The molecular formula is C15H17N5. The molecule has 0 bridgehead atoms. The zero-order valence-electron chi connectivity index (χ0n) is 11.5. The highest BCUT2D eigenvalue weighted by atomic mass is 15.3. The highest BCUT2D eigenvalue weighted by molar-refractivity contribution is 5.72. The summed E-state index contributed by atoms with van der Waals surface area (Å²) in [6.45, 7) is 3.04. The molecule has 0 saturated heterocycles. The van der Waals surface area contributed by atoms with Gasteiger partial charge in [0.15, 0.2) is 0 Å². The minimum Gasteiger partial charge on any atom is -0.369 e. The van der Waals surface area contributed by atoms with Crippen molar-refractivity contribution in [3.63, 3.8) is 0 Å². The Morgan fingerprint density at radius 3 is 3.30 bits per heavy atom. The second-order valence-corrected chi connectivity index (χ2v) is 5.12. The Hall–Kier alpha value is -2.35. The molecule has 0 aliphatic carbocycles. The molecule has 1 atom stereocenters. The van der Waals surface area contributed by atoms with Gasteiger partial charge in [0.25, 0.3) is 0 Å². The summed E-state index contributed by atoms with van der Waals surface area (Å²) in [5.74, 6) is 0.993. The van der Waals surface area contributed by atoms with Gasteiger partial charge in [-0.05, 0) is 31.4 Å². The van der Waals surface area contributed by atoms with Crippen LogP contribution in [0.2, 0.25) is 0 Å². The Kier molecular flexibility index (Phi) is 3.38. The molecule has 1 unspecified atom stereocenters. The van der Waals surface area contributed by atoms with E-state index in [0.717, 1.165) is 30.8 Å². The van der Waals surface area contributed by atoms with E-state index < -0.39 is 0 Å². The Morgan fingerprint density at radius 1 is 1.55 bits per heavy atom. The zero-order chi connectivity index (χ0) is 13.9. The second-order valence-electron chi connectivity index (χ2n) is 5.12. The molecule has 102 valence electrons. The Labute approximate surface area is 118 Å². The Balaban J connectivity index is 1.88. The molecule has 5 nitrogen and oxygen atoms in total. The first kappa shape index (κ1) is 12.7. The lowest BCUT2D eigenvalue weighted by Gasteiger charge is -2.09. The van der Waals surface area contributed by atoms with Crippen LogP contribution in [-0.2, 0) is 6.42 Å². The second kappa shape index (κ2) is 5.33. The molecule has 2 aromatic heterocycles. The van der Waals surface area contributed by atoms with E-state index in [1.54, 1.807) is 0 Å². The number of anilines is 1. The number of nitriles is 1. The van der Waals surface area contributed by atoms with Crippen molar-refractivity contribution in [2.45, 2.75) is 32.2 Å². The van der Waals surface area contributed by atoms with Gasteiger partial charge >= 0.3 is 0 Å². The summed E-state index contributed by atoms with van der Waals surface area (Å²) in [4.78, 5) is 4.35. The standard InChI is InChI=1S/C15H17N5/c1-11(3-2-6-16)20-10-12(9-19-20)13-4-7-17-15-14(13)5-8-18-15/h4,7,9-11H,2-3,5,8H2,1H3,(H,17,18). The number of nitrogens with zero attached hydrogens (tertiary/aromatic N) is 4. The molecule has 1 aliphatic rings. The third-order valence-corrected chi connectivity index (χ3v) is 3.76. The molecule has 0 saturated carbocycles. The SMILES string of the molecule is CC(CCC#N)n1cc(-c2ccnc3c2CCN3)cn1. The molecule has 1 aliphatic heterocycles. The summed E-state index contributed by atoms with van der Waals surface area (Å²) in [7, 11) is 0. The summed E-state index contributed by atoms with van der Waals surface area (Å²) in [5, 5.41) is 16.4. The highest BCUT2D eigenvalue weighted by Gasteiger charge is 2.17. The van der Waals surface area contributed by atoms with Crippen molar-refractivity contribution in [3.8, 4) is 17.2 Å². The predicted octanol–water partition coefficient (Wildman–Crippen LogP) is 2.78. The maximum Gasteiger partial charge on any atom is 0.129 e. The maximum absolute atomic E-state index is 8.66. The van der Waals surface area contributed by atoms with Gasteiger partial charge in [-0.1, -0.05) is 0 Å². The Morgan fingerprint density at radius 2 is 2.45 bits per heavy atom. The van der Waals surface area contributed by atoms with E-state index in [1.807, 2.05) is 23.1 Å². The van der Waals surface area contributed by atoms with Crippen LogP contribution in [0.25, 0.3) is 11.1 Å². The summed E-state index contributed by atoms with van der Waals surface area (Å²) >= 11 is 0. The molecule has 0 spiro atoms. The smallest absolute Gasteiger partial charge is 0.129 e. The van der Waals surface area contributed by atoms with Crippen LogP contribution in [0.5, 0.6) is 0 Å². The van der Waals surface area contributed by atoms with Crippen molar-refractivity contribution in [1.29, 1.82) is 5.26 Å². The van der Waals surface area contributed by atoms with Gasteiger partial charge in [0.1, 0.15) is 5.82 Å². The molecule has 2 aromatic rings. The van der Waals surface area contributed by atoms with Gasteiger partial charge < -0.3 is 5.32 Å². The highest BCUT2D eigenvalue weighted by Crippen LogP contribution is 2.31. The number of fused-ring (bicyclic) bond motifs is 1.